The fourth-order valence-electron chi connectivity index (χ4n) is 3.08. The number of nitrogens with two attached hydrogens (primary N) is 1. The number of aromatic nitrogens is 4. The lowest BCUT2D eigenvalue weighted by molar-refractivity contribution is -0.0521. The number of nitrogen functional groups attached to an aromatic ring is 1. The molecule has 0 saturated carbocycles. The summed E-state index contributed by atoms with van der Waals surface area (Å²) in [5.74, 6) is -2.67. The first kappa shape index (κ1) is 20.4. The monoisotopic (exact) mass is 432 g/mol. The van der Waals surface area contributed by atoms with Crippen LogP contribution in [0.15, 0.2) is 42.5 Å². The Morgan fingerprint density at radius 1 is 1.10 bits per heavy atom. The first-order valence-corrected chi connectivity index (χ1v) is 9.18. The zero-order chi connectivity index (χ0) is 22.1. The van der Waals surface area contributed by atoms with Gasteiger partial charge in [-0.15, -0.1) is 0 Å². The van der Waals surface area contributed by atoms with E-state index in [2.05, 4.69) is 25.0 Å². The number of nitrogens with zero attached hydrogens (tertiary/aromatic N) is 4. The number of halogens is 4. The molecule has 0 spiro atoms. The summed E-state index contributed by atoms with van der Waals surface area (Å²) in [7, 11) is 0. The molecule has 4 rings (SSSR count). The second-order valence-electron chi connectivity index (χ2n) is 6.43. The highest BCUT2D eigenvalue weighted by atomic mass is 19.3. The van der Waals surface area contributed by atoms with Gasteiger partial charge in [0.1, 0.15) is 5.82 Å². The van der Waals surface area contributed by atoms with Crippen molar-refractivity contribution < 1.29 is 22.3 Å². The van der Waals surface area contributed by atoms with Crippen molar-refractivity contribution in [2.24, 2.45) is 0 Å². The molecule has 0 atom stereocenters. The zero-order valence-electron chi connectivity index (χ0n) is 16.1. The molecule has 31 heavy (non-hydrogen) atoms. The Balaban J connectivity index is 1.76. The molecule has 0 unspecified atom stereocenters. The lowest BCUT2D eigenvalue weighted by Crippen LogP contribution is -2.11. The van der Waals surface area contributed by atoms with Gasteiger partial charge in [0.15, 0.2) is 23.2 Å². The average Bonchev–Trinajstić information content (AvgIpc) is 3.11. The standard InChI is InChI=1S/C20H16F4N6O/c1-2-15-27-12-5-3-4-6-13(12)30(15)20-28-17(25)16(22)18(29-20)26-10-7-8-14(11(21)9-10)31-19(23)24/h3-9,19H,2H2,1H3,(H3,25,26,28,29). The Bertz CT molecular complexity index is 1260. The number of hydrogen-bond acceptors (Lipinski definition) is 6. The smallest absolute Gasteiger partial charge is 0.387 e. The van der Waals surface area contributed by atoms with Crippen LogP contribution in [0, 0.1) is 11.6 Å². The molecule has 2 aromatic heterocycles. The van der Waals surface area contributed by atoms with Gasteiger partial charge in [-0.05, 0) is 24.3 Å². The number of para-hydroxylation sites is 2. The Hall–Kier alpha value is -3.89. The molecule has 0 amide bonds. The molecule has 4 aromatic rings. The third kappa shape index (κ3) is 3.93. The summed E-state index contributed by atoms with van der Waals surface area (Å²) in [5, 5.41) is 2.60. The number of aryl methyl sites for hydroxylation is 1. The van der Waals surface area contributed by atoms with Crippen LogP contribution >= 0.6 is 0 Å². The predicted molar refractivity (Wildman–Crippen MR) is 107 cm³/mol. The second kappa shape index (κ2) is 8.09. The number of fused-ring (bicyclic) bond motifs is 1. The van der Waals surface area contributed by atoms with Gasteiger partial charge in [0.2, 0.25) is 11.8 Å². The summed E-state index contributed by atoms with van der Waals surface area (Å²) < 4.78 is 58.9. The van der Waals surface area contributed by atoms with E-state index in [-0.39, 0.29) is 17.5 Å². The summed E-state index contributed by atoms with van der Waals surface area (Å²) >= 11 is 0. The fraction of sp³-hybridized carbons (Fsp3) is 0.150. The number of rotatable bonds is 6. The van der Waals surface area contributed by atoms with E-state index in [0.717, 1.165) is 12.1 Å². The Labute approximate surface area is 173 Å². The van der Waals surface area contributed by atoms with Gasteiger partial charge < -0.3 is 15.8 Å². The molecule has 0 aliphatic heterocycles. The number of ether oxygens (including phenoxy) is 1. The van der Waals surface area contributed by atoms with E-state index in [9.17, 15) is 17.6 Å². The topological polar surface area (TPSA) is 90.9 Å². The molecule has 7 nitrogen and oxygen atoms in total. The van der Waals surface area contributed by atoms with Crippen LogP contribution in [0.2, 0.25) is 0 Å². The number of nitrogens with one attached hydrogen (secondary N) is 1. The largest absolute Gasteiger partial charge is 0.432 e. The van der Waals surface area contributed by atoms with Crippen molar-refractivity contribution in [1.82, 2.24) is 19.5 Å². The molecule has 11 heteroatoms. The molecule has 2 heterocycles. The number of hydrogen-bond donors (Lipinski definition) is 2. The molecular formula is C20H16F4N6O. The molecule has 160 valence electrons. The second-order valence-corrected chi connectivity index (χ2v) is 6.43. The van der Waals surface area contributed by atoms with Crippen molar-refractivity contribution in [3.8, 4) is 11.7 Å². The van der Waals surface area contributed by atoms with Crippen LogP contribution in [0.1, 0.15) is 12.7 Å². The maximum atomic E-state index is 14.6. The van der Waals surface area contributed by atoms with Gasteiger partial charge in [-0.3, -0.25) is 4.57 Å². The average molecular weight is 432 g/mol. The molecule has 2 aromatic carbocycles. The van der Waals surface area contributed by atoms with Gasteiger partial charge in [0.25, 0.3) is 0 Å². The molecule has 0 saturated heterocycles. The summed E-state index contributed by atoms with van der Waals surface area (Å²) in [6.45, 7) is -1.28. The lowest BCUT2D eigenvalue weighted by Gasteiger charge is -2.13. The zero-order valence-corrected chi connectivity index (χ0v) is 16.1. The van der Waals surface area contributed by atoms with Crippen LogP contribution in [0.25, 0.3) is 17.0 Å². The fourth-order valence-corrected chi connectivity index (χ4v) is 3.08. The Morgan fingerprint density at radius 2 is 1.87 bits per heavy atom. The maximum absolute atomic E-state index is 14.6. The summed E-state index contributed by atoms with van der Waals surface area (Å²) in [4.78, 5) is 12.8. The maximum Gasteiger partial charge on any atom is 0.387 e. The van der Waals surface area contributed by atoms with Crippen LogP contribution in [0.3, 0.4) is 0 Å². The van der Waals surface area contributed by atoms with Crippen molar-refractivity contribution in [1.29, 1.82) is 0 Å². The van der Waals surface area contributed by atoms with Gasteiger partial charge >= 0.3 is 6.61 Å². The summed E-state index contributed by atoms with van der Waals surface area (Å²) in [5.41, 5.74) is 7.21. The number of anilines is 3. The first-order chi connectivity index (χ1) is 14.9. The minimum atomic E-state index is -3.17. The number of imidazole rings is 1. The van der Waals surface area contributed by atoms with Crippen LogP contribution < -0.4 is 15.8 Å². The van der Waals surface area contributed by atoms with E-state index in [0.29, 0.717) is 23.3 Å². The third-order valence-corrected chi connectivity index (χ3v) is 4.42. The molecule has 0 bridgehead atoms. The van der Waals surface area contributed by atoms with Crippen LogP contribution in [-0.2, 0) is 6.42 Å². The van der Waals surface area contributed by atoms with E-state index >= 15 is 0 Å². The van der Waals surface area contributed by atoms with Crippen molar-refractivity contribution in [2.45, 2.75) is 20.0 Å². The highest BCUT2D eigenvalue weighted by molar-refractivity contribution is 5.78. The minimum absolute atomic E-state index is 0.0493. The molecule has 0 radical (unpaired) electrons. The van der Waals surface area contributed by atoms with Crippen LogP contribution in [-0.4, -0.2) is 26.1 Å². The number of alkyl halides is 2. The Morgan fingerprint density at radius 3 is 2.58 bits per heavy atom. The van der Waals surface area contributed by atoms with Gasteiger partial charge in [-0.2, -0.15) is 23.1 Å². The van der Waals surface area contributed by atoms with Gasteiger partial charge in [-0.1, -0.05) is 19.1 Å². The van der Waals surface area contributed by atoms with Gasteiger partial charge in [0.05, 0.1) is 11.0 Å². The number of benzene rings is 2. The summed E-state index contributed by atoms with van der Waals surface area (Å²) in [6, 6.07) is 10.4. The van der Waals surface area contributed by atoms with Gasteiger partial charge in [-0.25, -0.2) is 9.37 Å². The van der Waals surface area contributed by atoms with Crippen LogP contribution in [0.5, 0.6) is 5.75 Å². The van der Waals surface area contributed by atoms with Crippen molar-refractivity contribution in [3.05, 3.63) is 59.9 Å². The van der Waals surface area contributed by atoms with E-state index in [1.165, 1.54) is 6.07 Å². The molecule has 3 N–H and O–H groups in total. The van der Waals surface area contributed by atoms with E-state index in [1.807, 2.05) is 31.2 Å². The van der Waals surface area contributed by atoms with Crippen LogP contribution in [0.4, 0.5) is 34.9 Å². The van der Waals surface area contributed by atoms with E-state index in [4.69, 9.17) is 5.73 Å². The summed E-state index contributed by atoms with van der Waals surface area (Å²) in [6.07, 6.45) is 0.550. The molecule has 0 aliphatic rings. The Kier molecular flexibility index (Phi) is 5.32. The van der Waals surface area contributed by atoms with E-state index < -0.39 is 29.8 Å². The third-order valence-electron chi connectivity index (χ3n) is 4.42. The quantitative estimate of drug-likeness (QED) is 0.434. The SMILES string of the molecule is CCc1nc2ccccc2n1-c1nc(N)c(F)c(Nc2ccc(OC(F)F)c(F)c2)n1. The van der Waals surface area contributed by atoms with E-state index in [1.54, 1.807) is 4.57 Å². The van der Waals surface area contributed by atoms with Crippen molar-refractivity contribution in [2.75, 3.05) is 11.1 Å². The van der Waals surface area contributed by atoms with Gasteiger partial charge in [0, 0.05) is 18.2 Å². The lowest BCUT2D eigenvalue weighted by atomic mass is 10.3. The molecule has 0 aliphatic carbocycles. The van der Waals surface area contributed by atoms with Crippen molar-refractivity contribution in [3.63, 3.8) is 0 Å². The normalized spacial score (nSPS) is 11.3. The highest BCUT2D eigenvalue weighted by Gasteiger charge is 2.19. The first-order valence-electron chi connectivity index (χ1n) is 9.18. The predicted octanol–water partition coefficient (Wildman–Crippen LogP) is 4.58. The molecular weight excluding hydrogens is 416 g/mol. The minimum Gasteiger partial charge on any atom is -0.432 e. The molecule has 0 fully saturated rings. The highest BCUT2D eigenvalue weighted by Crippen LogP contribution is 2.28. The van der Waals surface area contributed by atoms with Crippen molar-refractivity contribution >= 4 is 28.4 Å².